The van der Waals surface area contributed by atoms with Gasteiger partial charge in [0.1, 0.15) is 13.2 Å². The summed E-state index contributed by atoms with van der Waals surface area (Å²) in [5, 5.41) is 11.9. The van der Waals surface area contributed by atoms with Crippen molar-refractivity contribution in [2.75, 3.05) is 47.5 Å². The number of carboxylic acids is 1. The molecule has 0 amide bonds. The molecule has 2 unspecified atom stereocenters. The number of likely N-dealkylation sites (N-methyl/N-ethyl adjacent to an activating group) is 1. The SMILES string of the molecule is CC/C=C\C/C=C\C/C=C\C/C=C\CCCCCCCCCCCCCCCCCCCCCCC(=O)OC(COC(=O)CCCCCCCCCCCCCCCCCCCCCCCCCCCCCCC/C=C\CCCCCCCCCC)COC(OCC[N+](C)(C)C)C(=O)[O-]. The van der Waals surface area contributed by atoms with E-state index < -0.39 is 24.3 Å². The minimum absolute atomic E-state index is 0.150. The van der Waals surface area contributed by atoms with E-state index in [-0.39, 0.29) is 32.2 Å². The van der Waals surface area contributed by atoms with Gasteiger partial charge in [-0.1, -0.05) is 408 Å². The van der Waals surface area contributed by atoms with Crippen molar-refractivity contribution in [3.8, 4) is 0 Å². The summed E-state index contributed by atoms with van der Waals surface area (Å²) in [5.41, 5.74) is 0. The normalized spacial score (nSPS) is 12.9. The lowest BCUT2D eigenvalue weighted by Crippen LogP contribution is -2.44. The Morgan fingerprint density at radius 2 is 0.576 bits per heavy atom. The van der Waals surface area contributed by atoms with E-state index in [2.05, 4.69) is 74.6 Å². The maximum Gasteiger partial charge on any atom is 0.306 e. The molecule has 0 saturated carbocycles. The van der Waals surface area contributed by atoms with Gasteiger partial charge in [0, 0.05) is 12.8 Å². The van der Waals surface area contributed by atoms with Crippen LogP contribution < -0.4 is 5.11 Å². The predicted molar refractivity (Wildman–Crippen MR) is 426 cm³/mol. The summed E-state index contributed by atoms with van der Waals surface area (Å²) in [4.78, 5) is 37.7. The highest BCUT2D eigenvalue weighted by Crippen LogP contribution is 2.20. The van der Waals surface area contributed by atoms with Gasteiger partial charge in [0.2, 0.25) is 0 Å². The first-order valence-electron chi connectivity index (χ1n) is 43.4. The van der Waals surface area contributed by atoms with Crippen LogP contribution in [0.1, 0.15) is 438 Å². The number of nitrogens with zero attached hydrogens (tertiary/aromatic N) is 1. The van der Waals surface area contributed by atoms with Crippen molar-refractivity contribution >= 4 is 17.9 Å². The van der Waals surface area contributed by atoms with E-state index in [1.54, 1.807) is 0 Å². The molecule has 0 aliphatic heterocycles. The Labute approximate surface area is 615 Å². The molecule has 0 aromatic carbocycles. The Kier molecular flexibility index (Phi) is 78.2. The second-order valence-corrected chi connectivity index (χ2v) is 30.8. The second kappa shape index (κ2) is 80.7. The largest absolute Gasteiger partial charge is 0.545 e. The predicted octanol–water partition coefficient (Wildman–Crippen LogP) is 26.8. The molecular formula is C90H167NO8. The van der Waals surface area contributed by atoms with Crippen LogP contribution in [0.2, 0.25) is 0 Å². The van der Waals surface area contributed by atoms with E-state index in [0.29, 0.717) is 17.4 Å². The van der Waals surface area contributed by atoms with E-state index in [4.69, 9.17) is 18.9 Å². The van der Waals surface area contributed by atoms with Crippen molar-refractivity contribution in [1.29, 1.82) is 0 Å². The molecule has 580 valence electrons. The molecule has 0 radical (unpaired) electrons. The molecule has 0 aliphatic carbocycles. The Bertz CT molecular complexity index is 1820. The van der Waals surface area contributed by atoms with Gasteiger partial charge >= 0.3 is 11.9 Å². The number of unbranched alkanes of at least 4 members (excludes halogenated alkanes) is 57. The molecule has 0 bridgehead atoms. The Morgan fingerprint density at radius 3 is 0.869 bits per heavy atom. The number of carboxylic acid groups (broad SMARTS) is 1. The lowest BCUT2D eigenvalue weighted by atomic mass is 10.0. The number of rotatable bonds is 82. The summed E-state index contributed by atoms with van der Waals surface area (Å²) in [6.45, 7) is 4.71. The van der Waals surface area contributed by atoms with Gasteiger partial charge in [-0.15, -0.1) is 0 Å². The van der Waals surface area contributed by atoms with Crippen LogP contribution in [0.15, 0.2) is 60.8 Å². The van der Waals surface area contributed by atoms with E-state index in [1.165, 1.54) is 347 Å². The molecule has 99 heavy (non-hydrogen) atoms. The van der Waals surface area contributed by atoms with Crippen LogP contribution in [0, 0.1) is 0 Å². The van der Waals surface area contributed by atoms with Crippen LogP contribution in [-0.4, -0.2) is 82.3 Å². The summed E-state index contributed by atoms with van der Waals surface area (Å²) in [5.74, 6) is -2.25. The van der Waals surface area contributed by atoms with Gasteiger partial charge in [-0.3, -0.25) is 9.59 Å². The summed E-state index contributed by atoms with van der Waals surface area (Å²) >= 11 is 0. The number of carbonyl (C=O) groups excluding carboxylic acids is 3. The summed E-state index contributed by atoms with van der Waals surface area (Å²) in [6.07, 6.45) is 105. The van der Waals surface area contributed by atoms with Crippen LogP contribution in [0.5, 0.6) is 0 Å². The van der Waals surface area contributed by atoms with Gasteiger partial charge < -0.3 is 33.3 Å². The zero-order valence-electron chi connectivity index (χ0n) is 66.6. The third-order valence-corrected chi connectivity index (χ3v) is 19.7. The standard InChI is InChI=1S/C90H167NO8/c1-6-8-10-12-14-16-18-20-22-24-26-28-30-32-34-36-38-40-41-42-43-44-45-46-47-49-50-52-54-56-58-60-62-64-66-68-70-72-74-76-78-80-87(92)97-84-86(85-98-90(89(94)95)96-83-82-91(3,4)5)99-88(93)81-79-77-75-73-71-69-67-65-63-61-59-57-55-53-51-48-39-37-35-33-31-29-27-25-23-21-19-17-15-13-11-9-7-2/h9,11,15,17,21,23-24,26-27,29,86,90H,6-8,10,12-14,16,18-20,22,25,28,30-85H2,1-5H3/b11-9-,17-15-,23-21-,26-24-,29-27-. The van der Waals surface area contributed by atoms with Crippen LogP contribution in [0.4, 0.5) is 0 Å². The number of carbonyl (C=O) groups is 3. The monoisotopic (exact) mass is 1390 g/mol. The van der Waals surface area contributed by atoms with Gasteiger partial charge in [-0.2, -0.15) is 0 Å². The van der Waals surface area contributed by atoms with Crippen molar-refractivity contribution in [1.82, 2.24) is 0 Å². The number of hydrogen-bond donors (Lipinski definition) is 0. The number of quaternary nitrogens is 1. The topological polar surface area (TPSA) is 111 Å². The van der Waals surface area contributed by atoms with Crippen molar-refractivity contribution in [3.05, 3.63) is 60.8 Å². The van der Waals surface area contributed by atoms with Crippen molar-refractivity contribution in [3.63, 3.8) is 0 Å². The first-order valence-corrected chi connectivity index (χ1v) is 43.4. The number of ether oxygens (including phenoxy) is 4. The van der Waals surface area contributed by atoms with E-state index in [1.807, 2.05) is 21.1 Å². The molecule has 0 rings (SSSR count). The van der Waals surface area contributed by atoms with Crippen LogP contribution in [0.3, 0.4) is 0 Å². The average molecular weight is 1390 g/mol. The lowest BCUT2D eigenvalue weighted by Gasteiger charge is -2.26. The van der Waals surface area contributed by atoms with Crippen molar-refractivity contribution < 1.29 is 42.9 Å². The maximum atomic E-state index is 13.0. The molecule has 0 aromatic rings. The third kappa shape index (κ3) is 82.2. The molecule has 0 aromatic heterocycles. The van der Waals surface area contributed by atoms with E-state index >= 15 is 0 Å². The molecule has 0 N–H and O–H groups in total. The first kappa shape index (κ1) is 96.0. The van der Waals surface area contributed by atoms with Gasteiger partial charge in [-0.25, -0.2) is 0 Å². The Balaban J connectivity index is 3.90. The highest BCUT2D eigenvalue weighted by molar-refractivity contribution is 5.70. The number of esters is 2. The van der Waals surface area contributed by atoms with Crippen molar-refractivity contribution in [2.24, 2.45) is 0 Å². The van der Waals surface area contributed by atoms with E-state index in [9.17, 15) is 19.5 Å². The number of allylic oxidation sites excluding steroid dienone is 10. The summed E-state index contributed by atoms with van der Waals surface area (Å²) < 4.78 is 22.9. The number of hydrogen-bond acceptors (Lipinski definition) is 8. The quantitative estimate of drug-likeness (QED) is 0.0195. The highest BCUT2D eigenvalue weighted by Gasteiger charge is 2.22. The fourth-order valence-electron chi connectivity index (χ4n) is 13.2. The third-order valence-electron chi connectivity index (χ3n) is 19.7. The van der Waals surface area contributed by atoms with Gasteiger partial charge in [0.15, 0.2) is 12.4 Å². The summed E-state index contributed by atoms with van der Waals surface area (Å²) in [7, 11) is 5.95. The molecule has 0 saturated heterocycles. The fraction of sp³-hybridized carbons (Fsp3) is 0.856. The zero-order chi connectivity index (χ0) is 71.8. The highest BCUT2D eigenvalue weighted by atomic mass is 16.7. The Morgan fingerprint density at radius 1 is 0.313 bits per heavy atom. The molecule has 2 atom stereocenters. The molecule has 9 heteroatoms. The van der Waals surface area contributed by atoms with E-state index in [0.717, 1.165) is 64.2 Å². The van der Waals surface area contributed by atoms with Gasteiger partial charge in [0.05, 0.1) is 40.3 Å². The molecule has 0 spiro atoms. The van der Waals surface area contributed by atoms with Crippen molar-refractivity contribution in [2.45, 2.75) is 450 Å². The molecule has 0 aliphatic rings. The Hall–Kier alpha value is -3.01. The molecule has 0 fully saturated rings. The fourth-order valence-corrected chi connectivity index (χ4v) is 13.2. The lowest BCUT2D eigenvalue weighted by molar-refractivity contribution is -0.870. The first-order chi connectivity index (χ1) is 48.6. The zero-order valence-corrected chi connectivity index (χ0v) is 66.6. The number of aliphatic carboxylic acids is 1. The smallest absolute Gasteiger partial charge is 0.306 e. The average Bonchev–Trinajstić information content (AvgIpc) is 1.57. The van der Waals surface area contributed by atoms with Crippen LogP contribution >= 0.6 is 0 Å². The maximum absolute atomic E-state index is 13.0. The van der Waals surface area contributed by atoms with Crippen LogP contribution in [0.25, 0.3) is 0 Å². The second-order valence-electron chi connectivity index (χ2n) is 30.8. The van der Waals surface area contributed by atoms with Crippen LogP contribution in [-0.2, 0) is 33.3 Å². The van der Waals surface area contributed by atoms with Gasteiger partial charge in [-0.05, 0) is 77.0 Å². The molecule has 0 heterocycles. The molecule has 9 nitrogen and oxygen atoms in total. The summed E-state index contributed by atoms with van der Waals surface area (Å²) in [6, 6.07) is 0. The van der Waals surface area contributed by atoms with Gasteiger partial charge in [0.25, 0.3) is 0 Å². The molecular weight excluding hydrogens is 1220 g/mol. The minimum atomic E-state index is -1.62. The minimum Gasteiger partial charge on any atom is -0.545 e.